The second-order valence-electron chi connectivity index (χ2n) is 1.29. The standard InChI is InChI=1S/C3H8O3S.2Na.2H/c1-2-3-7(4,5)6;;;;/h2-3H2,1H3,(H,4,5,6);;;;/q;2*+1;2*-1. The molecule has 0 unspecified atom stereocenters. The van der Waals surface area contributed by atoms with Crippen LogP contribution in [-0.2, 0) is 10.1 Å². The maximum absolute atomic E-state index is 9.79. The van der Waals surface area contributed by atoms with Gasteiger partial charge in [0.25, 0.3) is 10.1 Å². The van der Waals surface area contributed by atoms with E-state index in [9.17, 15) is 8.42 Å². The summed E-state index contributed by atoms with van der Waals surface area (Å²) >= 11 is 0. The van der Waals surface area contributed by atoms with E-state index in [1.807, 2.05) is 0 Å². The first-order valence-corrected chi connectivity index (χ1v) is 3.62. The van der Waals surface area contributed by atoms with Crippen LogP contribution < -0.4 is 59.1 Å². The Morgan fingerprint density at radius 2 is 1.78 bits per heavy atom. The molecule has 6 heteroatoms. The summed E-state index contributed by atoms with van der Waals surface area (Å²) in [5, 5.41) is 0. The van der Waals surface area contributed by atoms with Crippen molar-refractivity contribution in [1.29, 1.82) is 0 Å². The molecular formula is C3H10Na2O3S. The van der Waals surface area contributed by atoms with Gasteiger partial charge >= 0.3 is 59.1 Å². The topological polar surface area (TPSA) is 54.4 Å². The van der Waals surface area contributed by atoms with Gasteiger partial charge in [0.15, 0.2) is 0 Å². The number of hydrogen-bond donors (Lipinski definition) is 1. The minimum atomic E-state index is -3.67. The van der Waals surface area contributed by atoms with Gasteiger partial charge in [-0.1, -0.05) is 6.92 Å². The fourth-order valence-electron chi connectivity index (χ4n) is 0.258. The van der Waals surface area contributed by atoms with E-state index >= 15 is 0 Å². The van der Waals surface area contributed by atoms with Crippen molar-refractivity contribution in [1.82, 2.24) is 0 Å². The molecule has 9 heavy (non-hydrogen) atoms. The molecule has 48 valence electrons. The number of hydrogen-bond acceptors (Lipinski definition) is 2. The van der Waals surface area contributed by atoms with Gasteiger partial charge in [0.2, 0.25) is 0 Å². The van der Waals surface area contributed by atoms with Crippen LogP contribution in [0.15, 0.2) is 0 Å². The zero-order chi connectivity index (χ0) is 5.91. The smallest absolute Gasteiger partial charge is 1.00 e. The average Bonchev–Trinajstić information content (AvgIpc) is 1.30. The second-order valence-corrected chi connectivity index (χ2v) is 2.86. The molecule has 0 aromatic heterocycles. The van der Waals surface area contributed by atoms with Gasteiger partial charge in [-0.15, -0.1) is 0 Å². The van der Waals surface area contributed by atoms with E-state index in [4.69, 9.17) is 4.55 Å². The van der Waals surface area contributed by atoms with Gasteiger partial charge < -0.3 is 2.85 Å². The molecule has 3 nitrogen and oxygen atoms in total. The molecule has 0 heterocycles. The van der Waals surface area contributed by atoms with Crippen LogP contribution in [0.2, 0.25) is 0 Å². The van der Waals surface area contributed by atoms with Crippen LogP contribution in [0.3, 0.4) is 0 Å². The first kappa shape index (κ1) is 17.1. The zero-order valence-corrected chi connectivity index (χ0v) is 10.9. The average molecular weight is 172 g/mol. The summed E-state index contributed by atoms with van der Waals surface area (Å²) in [4.78, 5) is 0. The maximum Gasteiger partial charge on any atom is 1.00 e. The van der Waals surface area contributed by atoms with Crippen LogP contribution >= 0.6 is 0 Å². The van der Waals surface area contributed by atoms with Crippen molar-refractivity contribution in [2.75, 3.05) is 5.75 Å². The van der Waals surface area contributed by atoms with Gasteiger partial charge in [-0.2, -0.15) is 8.42 Å². The normalized spacial score (nSPS) is 9.11. The Balaban J connectivity index is -0.0000000300. The second kappa shape index (κ2) is 8.01. The summed E-state index contributed by atoms with van der Waals surface area (Å²) < 4.78 is 27.6. The van der Waals surface area contributed by atoms with Gasteiger partial charge in [0, 0.05) is 0 Å². The minimum Gasteiger partial charge on any atom is -1.00 e. The first-order chi connectivity index (χ1) is 3.06. The summed E-state index contributed by atoms with van der Waals surface area (Å²) in [6, 6.07) is 0. The summed E-state index contributed by atoms with van der Waals surface area (Å²) in [6.45, 7) is 1.69. The molecule has 0 bridgehead atoms. The predicted molar refractivity (Wildman–Crippen MR) is 28.9 cm³/mol. The van der Waals surface area contributed by atoms with E-state index in [2.05, 4.69) is 0 Å². The molecule has 0 amide bonds. The van der Waals surface area contributed by atoms with E-state index in [0.717, 1.165) is 0 Å². The summed E-state index contributed by atoms with van der Waals surface area (Å²) in [5.41, 5.74) is 0. The van der Waals surface area contributed by atoms with Gasteiger partial charge in [-0.3, -0.25) is 4.55 Å². The fourth-order valence-corrected chi connectivity index (χ4v) is 0.774. The molecule has 0 aliphatic heterocycles. The Morgan fingerprint density at radius 1 is 1.44 bits per heavy atom. The molecule has 0 atom stereocenters. The third-order valence-electron chi connectivity index (χ3n) is 0.462. The van der Waals surface area contributed by atoms with Crippen LogP contribution in [0.25, 0.3) is 0 Å². The predicted octanol–water partition coefficient (Wildman–Crippen LogP) is -5.48. The van der Waals surface area contributed by atoms with Gasteiger partial charge in [-0.05, 0) is 6.42 Å². The van der Waals surface area contributed by atoms with Crippen molar-refractivity contribution in [3.05, 3.63) is 0 Å². The Kier molecular flexibility index (Phi) is 15.2. The van der Waals surface area contributed by atoms with Crippen LogP contribution in [0.1, 0.15) is 16.2 Å². The third-order valence-corrected chi connectivity index (χ3v) is 1.39. The van der Waals surface area contributed by atoms with Crippen molar-refractivity contribution < 1.29 is 74.9 Å². The van der Waals surface area contributed by atoms with Gasteiger partial charge in [0.1, 0.15) is 0 Å². The Labute approximate surface area is 103 Å². The molecule has 0 saturated carbocycles. The van der Waals surface area contributed by atoms with Crippen molar-refractivity contribution in [3.63, 3.8) is 0 Å². The molecule has 0 aromatic rings. The number of rotatable bonds is 2. The van der Waals surface area contributed by atoms with E-state index < -0.39 is 10.1 Å². The quantitative estimate of drug-likeness (QED) is 0.334. The zero-order valence-electron chi connectivity index (χ0n) is 8.09. The van der Waals surface area contributed by atoms with Crippen LogP contribution in [0.5, 0.6) is 0 Å². The minimum absolute atomic E-state index is 0. The fraction of sp³-hybridized carbons (Fsp3) is 1.00. The molecule has 0 radical (unpaired) electrons. The van der Waals surface area contributed by atoms with E-state index in [-0.39, 0.29) is 67.7 Å². The van der Waals surface area contributed by atoms with Crippen molar-refractivity contribution >= 4 is 10.1 Å². The van der Waals surface area contributed by atoms with Crippen molar-refractivity contribution in [2.45, 2.75) is 13.3 Å². The monoisotopic (exact) mass is 172 g/mol. The Bertz CT molecular complexity index is 138. The molecule has 0 saturated heterocycles. The molecule has 0 aliphatic carbocycles. The Hall–Kier alpha value is 1.91. The van der Waals surface area contributed by atoms with Gasteiger partial charge in [0.05, 0.1) is 5.75 Å². The van der Waals surface area contributed by atoms with Crippen LogP contribution in [0, 0.1) is 0 Å². The van der Waals surface area contributed by atoms with Crippen LogP contribution in [0.4, 0.5) is 0 Å². The van der Waals surface area contributed by atoms with E-state index in [1.54, 1.807) is 6.92 Å². The third kappa shape index (κ3) is 17.8. The maximum atomic E-state index is 9.79. The molecule has 0 aliphatic rings. The molecule has 1 N–H and O–H groups in total. The largest absolute Gasteiger partial charge is 1.00 e. The molecule has 0 rings (SSSR count). The summed E-state index contributed by atoms with van der Waals surface area (Å²) in [6.07, 6.45) is 0.471. The molecule has 0 aromatic carbocycles. The SMILES string of the molecule is CCCS(=O)(=O)O.[H-].[H-].[Na+].[Na+]. The van der Waals surface area contributed by atoms with E-state index in [1.165, 1.54) is 0 Å². The molecular weight excluding hydrogens is 162 g/mol. The summed E-state index contributed by atoms with van der Waals surface area (Å²) in [7, 11) is -3.67. The summed E-state index contributed by atoms with van der Waals surface area (Å²) in [5.74, 6) is -0.132. The molecule has 0 fully saturated rings. The van der Waals surface area contributed by atoms with Crippen molar-refractivity contribution in [3.8, 4) is 0 Å². The first-order valence-electron chi connectivity index (χ1n) is 2.01. The van der Waals surface area contributed by atoms with Crippen LogP contribution in [-0.4, -0.2) is 18.7 Å². The van der Waals surface area contributed by atoms with E-state index in [0.29, 0.717) is 6.42 Å². The van der Waals surface area contributed by atoms with Gasteiger partial charge in [-0.25, -0.2) is 0 Å². The Morgan fingerprint density at radius 3 is 1.78 bits per heavy atom. The van der Waals surface area contributed by atoms with Crippen molar-refractivity contribution in [2.24, 2.45) is 0 Å². The molecule has 0 spiro atoms.